The summed E-state index contributed by atoms with van der Waals surface area (Å²) in [6.45, 7) is 2.20. The highest BCUT2D eigenvalue weighted by Crippen LogP contribution is 2.23. The van der Waals surface area contributed by atoms with Crippen molar-refractivity contribution in [3.8, 4) is 11.6 Å². The number of halogens is 1. The average Bonchev–Trinajstić information content (AvgIpc) is 2.61. The number of aromatic nitrogens is 1. The minimum atomic E-state index is -0.402. The van der Waals surface area contributed by atoms with E-state index < -0.39 is 4.92 Å². The summed E-state index contributed by atoms with van der Waals surface area (Å²) in [6, 6.07) is 14.3. The third kappa shape index (κ3) is 4.32. The number of ether oxygens (including phenoxy) is 1. The van der Waals surface area contributed by atoms with Crippen LogP contribution in [0.25, 0.3) is 0 Å². The molecule has 0 radical (unpaired) electrons. The first-order chi connectivity index (χ1) is 12.5. The standard InChI is InChI=1S/C19H16FN3O3/c1-13-9-16(6-7-18(13)23(24)25)21-11-14-5-8-19(22-12-14)26-17-4-2-3-15(20)10-17/h2-10,12,21H,11H2,1H3. The van der Waals surface area contributed by atoms with Gasteiger partial charge in [0.05, 0.1) is 4.92 Å². The van der Waals surface area contributed by atoms with Crippen molar-refractivity contribution in [2.45, 2.75) is 13.5 Å². The molecule has 1 aromatic heterocycles. The van der Waals surface area contributed by atoms with E-state index in [1.807, 2.05) is 6.07 Å². The highest BCUT2D eigenvalue weighted by Gasteiger charge is 2.10. The van der Waals surface area contributed by atoms with Gasteiger partial charge >= 0.3 is 0 Å². The lowest BCUT2D eigenvalue weighted by Crippen LogP contribution is -2.01. The van der Waals surface area contributed by atoms with Crippen LogP contribution in [0.15, 0.2) is 60.8 Å². The number of nitrogens with one attached hydrogen (secondary N) is 1. The van der Waals surface area contributed by atoms with Crippen LogP contribution in [0.4, 0.5) is 15.8 Å². The van der Waals surface area contributed by atoms with Gasteiger partial charge in [0.1, 0.15) is 11.6 Å². The molecule has 0 saturated carbocycles. The minimum Gasteiger partial charge on any atom is -0.439 e. The van der Waals surface area contributed by atoms with Gasteiger partial charge in [0.25, 0.3) is 5.69 Å². The van der Waals surface area contributed by atoms with Crippen molar-refractivity contribution >= 4 is 11.4 Å². The van der Waals surface area contributed by atoms with E-state index in [0.717, 1.165) is 11.3 Å². The average molecular weight is 353 g/mol. The zero-order valence-electron chi connectivity index (χ0n) is 14.0. The Morgan fingerprint density at radius 1 is 1.19 bits per heavy atom. The number of pyridine rings is 1. The number of aryl methyl sites for hydroxylation is 1. The Kier molecular flexibility index (Phi) is 5.07. The second-order valence-electron chi connectivity index (χ2n) is 5.68. The normalized spacial score (nSPS) is 10.4. The lowest BCUT2D eigenvalue weighted by atomic mass is 10.2. The van der Waals surface area contributed by atoms with Gasteiger partial charge in [0.2, 0.25) is 5.88 Å². The predicted molar refractivity (Wildman–Crippen MR) is 95.9 cm³/mol. The Labute approximate surface area is 149 Å². The number of nitrogens with zero attached hydrogens (tertiary/aromatic N) is 2. The molecule has 0 atom stereocenters. The van der Waals surface area contributed by atoms with Gasteiger partial charge in [-0.2, -0.15) is 0 Å². The summed E-state index contributed by atoms with van der Waals surface area (Å²) in [4.78, 5) is 14.6. The van der Waals surface area contributed by atoms with E-state index in [2.05, 4.69) is 10.3 Å². The molecule has 2 aromatic carbocycles. The maximum absolute atomic E-state index is 13.1. The number of hydrogen-bond donors (Lipinski definition) is 1. The summed E-state index contributed by atoms with van der Waals surface area (Å²) >= 11 is 0. The molecule has 0 saturated heterocycles. The quantitative estimate of drug-likeness (QED) is 0.507. The van der Waals surface area contributed by atoms with Gasteiger partial charge in [-0.15, -0.1) is 0 Å². The lowest BCUT2D eigenvalue weighted by molar-refractivity contribution is -0.385. The smallest absolute Gasteiger partial charge is 0.272 e. The Balaban J connectivity index is 1.61. The molecule has 0 aliphatic heterocycles. The summed E-state index contributed by atoms with van der Waals surface area (Å²) in [5.41, 5.74) is 2.38. The van der Waals surface area contributed by atoms with Crippen LogP contribution in [0, 0.1) is 22.9 Å². The van der Waals surface area contributed by atoms with Crippen LogP contribution in [-0.4, -0.2) is 9.91 Å². The lowest BCUT2D eigenvalue weighted by Gasteiger charge is -2.09. The number of hydrogen-bond acceptors (Lipinski definition) is 5. The molecule has 0 unspecified atom stereocenters. The maximum Gasteiger partial charge on any atom is 0.272 e. The SMILES string of the molecule is Cc1cc(NCc2ccc(Oc3cccc(F)c3)nc2)ccc1[N+](=O)[O-]. The first-order valence-corrected chi connectivity index (χ1v) is 7.88. The van der Waals surface area contributed by atoms with Gasteiger partial charge in [-0.25, -0.2) is 9.37 Å². The molecule has 0 amide bonds. The molecule has 0 fully saturated rings. The van der Waals surface area contributed by atoms with Gasteiger partial charge in [-0.3, -0.25) is 10.1 Å². The summed E-state index contributed by atoms with van der Waals surface area (Å²) in [5, 5.41) is 14.0. The zero-order valence-corrected chi connectivity index (χ0v) is 14.0. The number of nitro benzene ring substituents is 1. The molecular weight excluding hydrogens is 337 g/mol. The molecule has 0 aliphatic carbocycles. The number of anilines is 1. The summed E-state index contributed by atoms with van der Waals surface area (Å²) in [5.74, 6) is 0.372. The fourth-order valence-corrected chi connectivity index (χ4v) is 2.40. The van der Waals surface area contributed by atoms with Crippen LogP contribution < -0.4 is 10.1 Å². The predicted octanol–water partition coefficient (Wildman–Crippen LogP) is 4.84. The molecule has 0 aliphatic rings. The molecule has 0 bridgehead atoms. The van der Waals surface area contributed by atoms with Gasteiger partial charge in [0.15, 0.2) is 0 Å². The third-order valence-corrected chi connectivity index (χ3v) is 3.71. The van der Waals surface area contributed by atoms with Gasteiger partial charge in [-0.05, 0) is 36.8 Å². The Morgan fingerprint density at radius 3 is 2.69 bits per heavy atom. The van der Waals surface area contributed by atoms with Crippen LogP contribution in [-0.2, 0) is 6.54 Å². The number of benzene rings is 2. The van der Waals surface area contributed by atoms with Crippen LogP contribution in [0.2, 0.25) is 0 Å². The Morgan fingerprint density at radius 2 is 2.04 bits per heavy atom. The molecule has 1 N–H and O–H groups in total. The van der Waals surface area contributed by atoms with Crippen LogP contribution in [0.5, 0.6) is 11.6 Å². The molecule has 132 valence electrons. The van der Waals surface area contributed by atoms with Crippen molar-refractivity contribution in [1.82, 2.24) is 4.98 Å². The number of nitro groups is 1. The molecule has 0 spiro atoms. The third-order valence-electron chi connectivity index (χ3n) is 3.71. The summed E-state index contributed by atoms with van der Waals surface area (Å²) < 4.78 is 18.6. The Bertz CT molecular complexity index is 930. The molecule has 1 heterocycles. The van der Waals surface area contributed by atoms with E-state index in [-0.39, 0.29) is 11.5 Å². The van der Waals surface area contributed by atoms with Crippen molar-refractivity contribution in [2.75, 3.05) is 5.32 Å². The van der Waals surface area contributed by atoms with Crippen LogP contribution in [0.1, 0.15) is 11.1 Å². The monoisotopic (exact) mass is 353 g/mol. The van der Waals surface area contributed by atoms with Crippen molar-refractivity contribution in [1.29, 1.82) is 0 Å². The van der Waals surface area contributed by atoms with E-state index in [1.165, 1.54) is 18.2 Å². The van der Waals surface area contributed by atoms with E-state index in [0.29, 0.717) is 23.7 Å². The number of rotatable bonds is 6. The fourth-order valence-electron chi connectivity index (χ4n) is 2.40. The van der Waals surface area contributed by atoms with Crippen LogP contribution in [0.3, 0.4) is 0 Å². The van der Waals surface area contributed by atoms with E-state index in [9.17, 15) is 14.5 Å². The minimum absolute atomic E-state index is 0.0936. The van der Waals surface area contributed by atoms with E-state index >= 15 is 0 Å². The van der Waals surface area contributed by atoms with E-state index in [4.69, 9.17) is 4.74 Å². The van der Waals surface area contributed by atoms with E-state index in [1.54, 1.807) is 43.5 Å². The zero-order chi connectivity index (χ0) is 18.5. The highest BCUT2D eigenvalue weighted by atomic mass is 19.1. The first-order valence-electron chi connectivity index (χ1n) is 7.88. The molecule has 3 rings (SSSR count). The molecule has 6 nitrogen and oxygen atoms in total. The van der Waals surface area contributed by atoms with Gasteiger partial charge in [-0.1, -0.05) is 12.1 Å². The maximum atomic E-state index is 13.1. The highest BCUT2D eigenvalue weighted by molar-refractivity contribution is 5.53. The van der Waals surface area contributed by atoms with Crippen LogP contribution >= 0.6 is 0 Å². The summed E-state index contributed by atoms with van der Waals surface area (Å²) in [7, 11) is 0. The second kappa shape index (κ2) is 7.60. The summed E-state index contributed by atoms with van der Waals surface area (Å²) in [6.07, 6.45) is 1.65. The molecule has 7 heteroatoms. The van der Waals surface area contributed by atoms with Crippen molar-refractivity contribution < 1.29 is 14.1 Å². The second-order valence-corrected chi connectivity index (χ2v) is 5.68. The fraction of sp³-hybridized carbons (Fsp3) is 0.105. The molecule has 3 aromatic rings. The van der Waals surface area contributed by atoms with Crippen molar-refractivity contribution in [3.63, 3.8) is 0 Å². The van der Waals surface area contributed by atoms with Gasteiger partial charge in [0, 0.05) is 42.2 Å². The molecule has 26 heavy (non-hydrogen) atoms. The topological polar surface area (TPSA) is 77.3 Å². The first kappa shape index (κ1) is 17.3. The van der Waals surface area contributed by atoms with Crippen molar-refractivity contribution in [2.24, 2.45) is 0 Å². The largest absolute Gasteiger partial charge is 0.439 e. The van der Waals surface area contributed by atoms with Gasteiger partial charge < -0.3 is 10.1 Å². The Hall–Kier alpha value is -3.48. The van der Waals surface area contributed by atoms with Crippen molar-refractivity contribution in [3.05, 3.63) is 87.9 Å². The molecular formula is C19H16FN3O3.